The van der Waals surface area contributed by atoms with Gasteiger partial charge in [0.25, 0.3) is 5.91 Å². The highest BCUT2D eigenvalue weighted by Gasteiger charge is 2.29. The maximum atomic E-state index is 12.7. The smallest absolute Gasteiger partial charge is 0.257 e. The number of hydrogen-bond donors (Lipinski definition) is 1. The SMILES string of the molecule is CC(CNC(=O)C1CCN(C(=O)c2ccoc2)CC1)N1CCN(c2ccccc2)CC1. The minimum absolute atomic E-state index is 0.0177. The average molecular weight is 425 g/mol. The van der Waals surface area contributed by atoms with E-state index in [1.807, 2.05) is 11.0 Å². The van der Waals surface area contributed by atoms with E-state index in [0.29, 0.717) is 44.1 Å². The number of nitrogens with one attached hydrogen (secondary N) is 1. The molecule has 2 saturated heterocycles. The van der Waals surface area contributed by atoms with Gasteiger partial charge >= 0.3 is 0 Å². The second kappa shape index (κ2) is 10.0. The van der Waals surface area contributed by atoms with Crippen molar-refractivity contribution in [3.8, 4) is 0 Å². The van der Waals surface area contributed by atoms with Crippen LogP contribution in [0, 0.1) is 5.92 Å². The quantitative estimate of drug-likeness (QED) is 0.772. The number of carbonyl (C=O) groups is 2. The average Bonchev–Trinajstić information content (AvgIpc) is 3.38. The van der Waals surface area contributed by atoms with E-state index in [1.54, 1.807) is 6.07 Å². The molecule has 1 aromatic heterocycles. The molecule has 0 saturated carbocycles. The minimum atomic E-state index is -0.0180. The zero-order valence-corrected chi connectivity index (χ0v) is 18.2. The predicted molar refractivity (Wildman–Crippen MR) is 120 cm³/mol. The van der Waals surface area contributed by atoms with Crippen LogP contribution in [0.2, 0.25) is 0 Å². The molecular formula is C24H32N4O3. The lowest BCUT2D eigenvalue weighted by molar-refractivity contribution is -0.126. The van der Waals surface area contributed by atoms with Crippen molar-refractivity contribution in [2.75, 3.05) is 50.7 Å². The number of rotatable bonds is 6. The van der Waals surface area contributed by atoms with Gasteiger partial charge < -0.3 is 19.5 Å². The lowest BCUT2D eigenvalue weighted by atomic mass is 9.95. The molecule has 31 heavy (non-hydrogen) atoms. The molecular weight excluding hydrogens is 392 g/mol. The number of nitrogens with zero attached hydrogens (tertiary/aromatic N) is 3. The van der Waals surface area contributed by atoms with Gasteiger partial charge in [0.05, 0.1) is 11.8 Å². The number of hydrogen-bond acceptors (Lipinski definition) is 5. The molecule has 7 heteroatoms. The van der Waals surface area contributed by atoms with Crippen LogP contribution in [0.15, 0.2) is 53.3 Å². The van der Waals surface area contributed by atoms with Gasteiger partial charge in [-0.05, 0) is 38.0 Å². The predicted octanol–water partition coefficient (Wildman–Crippen LogP) is 2.46. The molecule has 1 aromatic carbocycles. The topological polar surface area (TPSA) is 69.0 Å². The summed E-state index contributed by atoms with van der Waals surface area (Å²) >= 11 is 0. The van der Waals surface area contributed by atoms with Gasteiger partial charge in [0, 0.05) is 63.5 Å². The summed E-state index contributed by atoms with van der Waals surface area (Å²) in [5.41, 5.74) is 1.85. The van der Waals surface area contributed by atoms with E-state index in [2.05, 4.69) is 46.3 Å². The molecule has 2 aromatic rings. The molecule has 7 nitrogen and oxygen atoms in total. The highest BCUT2D eigenvalue weighted by atomic mass is 16.3. The molecule has 0 spiro atoms. The summed E-state index contributed by atoms with van der Waals surface area (Å²) in [6.07, 6.45) is 4.40. The number of para-hydroxylation sites is 1. The molecule has 2 amide bonds. The van der Waals surface area contributed by atoms with Crippen LogP contribution < -0.4 is 10.2 Å². The highest BCUT2D eigenvalue weighted by molar-refractivity contribution is 5.94. The van der Waals surface area contributed by atoms with E-state index in [9.17, 15) is 9.59 Å². The fraction of sp³-hybridized carbons (Fsp3) is 0.500. The van der Waals surface area contributed by atoms with E-state index in [-0.39, 0.29) is 17.7 Å². The van der Waals surface area contributed by atoms with Crippen LogP contribution in [0.25, 0.3) is 0 Å². The standard InChI is InChI=1S/C24H32N4O3/c1-19(26-12-14-27(15-13-26)22-5-3-2-4-6-22)17-25-23(29)20-7-10-28(11-8-20)24(30)21-9-16-31-18-21/h2-6,9,16,18-20H,7-8,10-15,17H2,1H3,(H,25,29). The number of furan rings is 1. The normalized spacial score (nSPS) is 19.3. The number of amides is 2. The summed E-state index contributed by atoms with van der Waals surface area (Å²) in [5, 5.41) is 3.15. The van der Waals surface area contributed by atoms with Crippen LogP contribution in [-0.4, -0.2) is 73.5 Å². The first-order valence-corrected chi connectivity index (χ1v) is 11.2. The lowest BCUT2D eigenvalue weighted by Gasteiger charge is -2.39. The zero-order chi connectivity index (χ0) is 21.6. The molecule has 1 unspecified atom stereocenters. The first-order chi connectivity index (χ1) is 15.1. The Balaban J connectivity index is 1.17. The van der Waals surface area contributed by atoms with Crippen molar-refractivity contribution in [2.45, 2.75) is 25.8 Å². The van der Waals surface area contributed by atoms with E-state index in [0.717, 1.165) is 26.2 Å². The molecule has 166 valence electrons. The third-order valence-electron chi connectivity index (χ3n) is 6.55. The molecule has 1 N–H and O–H groups in total. The van der Waals surface area contributed by atoms with Gasteiger partial charge in [-0.1, -0.05) is 18.2 Å². The fourth-order valence-corrected chi connectivity index (χ4v) is 4.49. The molecule has 0 bridgehead atoms. The first kappa shape index (κ1) is 21.4. The molecule has 0 aliphatic carbocycles. The Kier molecular flexibility index (Phi) is 6.92. The zero-order valence-electron chi connectivity index (χ0n) is 18.2. The summed E-state index contributed by atoms with van der Waals surface area (Å²) < 4.78 is 5.00. The molecule has 2 fully saturated rings. The van der Waals surface area contributed by atoms with Gasteiger partial charge in [-0.25, -0.2) is 0 Å². The van der Waals surface area contributed by atoms with Gasteiger partial charge in [-0.15, -0.1) is 0 Å². The molecule has 1 atom stereocenters. The number of carbonyl (C=O) groups excluding carboxylic acids is 2. The second-order valence-corrected chi connectivity index (χ2v) is 8.53. The van der Waals surface area contributed by atoms with Crippen molar-refractivity contribution in [1.82, 2.24) is 15.1 Å². The van der Waals surface area contributed by atoms with E-state index in [1.165, 1.54) is 18.2 Å². The maximum absolute atomic E-state index is 12.7. The Morgan fingerprint density at radius 2 is 1.74 bits per heavy atom. The van der Waals surface area contributed by atoms with Crippen molar-refractivity contribution in [3.05, 3.63) is 54.5 Å². The Morgan fingerprint density at radius 1 is 1.03 bits per heavy atom. The lowest BCUT2D eigenvalue weighted by Crippen LogP contribution is -2.53. The summed E-state index contributed by atoms with van der Waals surface area (Å²) in [6, 6.07) is 12.5. The Morgan fingerprint density at radius 3 is 2.39 bits per heavy atom. The van der Waals surface area contributed by atoms with Gasteiger partial charge in [-0.2, -0.15) is 0 Å². The second-order valence-electron chi connectivity index (χ2n) is 8.53. The Labute approximate surface area is 184 Å². The number of likely N-dealkylation sites (tertiary alicyclic amines) is 1. The Bertz CT molecular complexity index is 839. The van der Waals surface area contributed by atoms with Crippen LogP contribution in [0.5, 0.6) is 0 Å². The molecule has 2 aliphatic rings. The van der Waals surface area contributed by atoms with Crippen molar-refractivity contribution < 1.29 is 14.0 Å². The fourth-order valence-electron chi connectivity index (χ4n) is 4.49. The Hall–Kier alpha value is -2.80. The van der Waals surface area contributed by atoms with Crippen molar-refractivity contribution >= 4 is 17.5 Å². The van der Waals surface area contributed by atoms with Gasteiger partial charge in [0.15, 0.2) is 0 Å². The summed E-state index contributed by atoms with van der Waals surface area (Å²) in [5.74, 6) is 0.0802. The van der Waals surface area contributed by atoms with Crippen LogP contribution >= 0.6 is 0 Å². The van der Waals surface area contributed by atoms with Crippen molar-refractivity contribution in [1.29, 1.82) is 0 Å². The summed E-state index contributed by atoms with van der Waals surface area (Å²) in [4.78, 5) is 31.7. The maximum Gasteiger partial charge on any atom is 0.257 e. The molecule has 3 heterocycles. The van der Waals surface area contributed by atoms with E-state index >= 15 is 0 Å². The number of piperazine rings is 1. The largest absolute Gasteiger partial charge is 0.472 e. The number of benzene rings is 1. The van der Waals surface area contributed by atoms with Crippen LogP contribution in [0.1, 0.15) is 30.1 Å². The van der Waals surface area contributed by atoms with Crippen LogP contribution in [0.3, 0.4) is 0 Å². The summed E-state index contributed by atoms with van der Waals surface area (Å²) in [7, 11) is 0. The summed E-state index contributed by atoms with van der Waals surface area (Å²) in [6.45, 7) is 8.08. The van der Waals surface area contributed by atoms with Crippen molar-refractivity contribution in [2.24, 2.45) is 5.92 Å². The minimum Gasteiger partial charge on any atom is -0.472 e. The number of piperidine rings is 1. The van der Waals surface area contributed by atoms with Crippen LogP contribution in [-0.2, 0) is 4.79 Å². The van der Waals surface area contributed by atoms with Crippen LogP contribution in [0.4, 0.5) is 5.69 Å². The monoisotopic (exact) mass is 424 g/mol. The molecule has 0 radical (unpaired) electrons. The van der Waals surface area contributed by atoms with E-state index in [4.69, 9.17) is 4.42 Å². The van der Waals surface area contributed by atoms with Gasteiger partial charge in [0.1, 0.15) is 6.26 Å². The van der Waals surface area contributed by atoms with Crippen molar-refractivity contribution in [3.63, 3.8) is 0 Å². The third-order valence-corrected chi connectivity index (χ3v) is 6.55. The van der Waals surface area contributed by atoms with Gasteiger partial charge in [-0.3, -0.25) is 14.5 Å². The van der Waals surface area contributed by atoms with E-state index < -0.39 is 0 Å². The molecule has 2 aliphatic heterocycles. The molecule has 4 rings (SSSR count). The number of anilines is 1. The van der Waals surface area contributed by atoms with Gasteiger partial charge in [0.2, 0.25) is 5.91 Å². The third kappa shape index (κ3) is 5.28. The first-order valence-electron chi connectivity index (χ1n) is 11.2. The highest BCUT2D eigenvalue weighted by Crippen LogP contribution is 2.20.